The fourth-order valence-electron chi connectivity index (χ4n) is 4.45. The van der Waals surface area contributed by atoms with Crippen LogP contribution in [0.2, 0.25) is 0 Å². The molecule has 2 aromatic rings. The SMILES string of the molecule is CCCN(C(=O)c1nn(-c2ccc(C)cc2)c2c1CCC2)C1CCNCC1. The monoisotopic (exact) mass is 366 g/mol. The zero-order valence-electron chi connectivity index (χ0n) is 16.5. The van der Waals surface area contributed by atoms with Crippen molar-refractivity contribution in [3.05, 3.63) is 46.8 Å². The number of rotatable bonds is 5. The number of carbonyl (C=O) groups is 1. The van der Waals surface area contributed by atoms with E-state index in [-0.39, 0.29) is 5.91 Å². The maximum absolute atomic E-state index is 13.5. The van der Waals surface area contributed by atoms with Crippen molar-refractivity contribution < 1.29 is 4.79 Å². The van der Waals surface area contributed by atoms with E-state index in [1.54, 1.807) is 0 Å². The van der Waals surface area contributed by atoms with Crippen LogP contribution in [0.5, 0.6) is 0 Å². The van der Waals surface area contributed by atoms with Crippen LogP contribution in [0.25, 0.3) is 5.69 Å². The third-order valence-electron chi connectivity index (χ3n) is 5.89. The highest BCUT2D eigenvalue weighted by atomic mass is 16.2. The quantitative estimate of drug-likeness (QED) is 0.883. The van der Waals surface area contributed by atoms with Gasteiger partial charge in [-0.25, -0.2) is 4.68 Å². The Balaban J connectivity index is 1.69. The van der Waals surface area contributed by atoms with Crippen LogP contribution in [-0.2, 0) is 12.8 Å². The van der Waals surface area contributed by atoms with Crippen LogP contribution in [0, 0.1) is 6.92 Å². The summed E-state index contributed by atoms with van der Waals surface area (Å²) < 4.78 is 2.02. The first-order valence-corrected chi connectivity index (χ1v) is 10.4. The summed E-state index contributed by atoms with van der Waals surface area (Å²) in [4.78, 5) is 15.6. The number of amides is 1. The number of hydrogen-bond acceptors (Lipinski definition) is 3. The van der Waals surface area contributed by atoms with Crippen LogP contribution in [0.15, 0.2) is 24.3 Å². The van der Waals surface area contributed by atoms with E-state index < -0.39 is 0 Å². The highest BCUT2D eigenvalue weighted by Gasteiger charge is 2.32. The highest BCUT2D eigenvalue weighted by Crippen LogP contribution is 2.29. The van der Waals surface area contributed by atoms with Crippen LogP contribution >= 0.6 is 0 Å². The molecule has 1 N–H and O–H groups in total. The number of nitrogens with one attached hydrogen (secondary N) is 1. The number of aryl methyl sites for hydroxylation is 1. The molecule has 2 heterocycles. The molecular formula is C22H30N4O. The summed E-state index contributed by atoms with van der Waals surface area (Å²) in [5, 5.41) is 8.24. The molecule has 5 heteroatoms. The number of carbonyl (C=O) groups excluding carboxylic acids is 1. The van der Waals surface area contributed by atoms with E-state index in [0.717, 1.165) is 63.8 Å². The fraction of sp³-hybridized carbons (Fsp3) is 0.545. The largest absolute Gasteiger partial charge is 0.334 e. The lowest BCUT2D eigenvalue weighted by Crippen LogP contribution is -2.46. The first kappa shape index (κ1) is 18.2. The molecule has 1 amide bonds. The molecule has 144 valence electrons. The third kappa shape index (κ3) is 3.53. The second kappa shape index (κ2) is 7.85. The van der Waals surface area contributed by atoms with Gasteiger partial charge in [0.05, 0.1) is 5.69 Å². The number of benzene rings is 1. The molecule has 1 fully saturated rings. The van der Waals surface area contributed by atoms with E-state index >= 15 is 0 Å². The van der Waals surface area contributed by atoms with Crippen molar-refractivity contribution in [2.45, 2.75) is 58.4 Å². The first-order chi connectivity index (χ1) is 13.2. The van der Waals surface area contributed by atoms with Gasteiger partial charge in [0.2, 0.25) is 0 Å². The average Bonchev–Trinajstić information content (AvgIpc) is 3.30. The Morgan fingerprint density at radius 1 is 1.22 bits per heavy atom. The van der Waals surface area contributed by atoms with Crippen LogP contribution in [-0.4, -0.2) is 46.3 Å². The van der Waals surface area contributed by atoms with Gasteiger partial charge in [-0.1, -0.05) is 24.6 Å². The summed E-state index contributed by atoms with van der Waals surface area (Å²) in [5.41, 5.74) is 5.38. The van der Waals surface area contributed by atoms with Gasteiger partial charge in [0.15, 0.2) is 5.69 Å². The number of aromatic nitrogens is 2. The first-order valence-electron chi connectivity index (χ1n) is 10.4. The molecule has 0 saturated carbocycles. The van der Waals surface area contributed by atoms with E-state index in [9.17, 15) is 4.79 Å². The normalized spacial score (nSPS) is 17.1. The molecule has 4 rings (SSSR count). The Bertz CT molecular complexity index is 802. The second-order valence-corrected chi connectivity index (χ2v) is 7.85. The summed E-state index contributed by atoms with van der Waals surface area (Å²) >= 11 is 0. The van der Waals surface area contributed by atoms with Gasteiger partial charge in [-0.3, -0.25) is 4.79 Å². The van der Waals surface area contributed by atoms with Gasteiger partial charge in [-0.2, -0.15) is 5.10 Å². The maximum Gasteiger partial charge on any atom is 0.274 e. The molecule has 1 aliphatic heterocycles. The topological polar surface area (TPSA) is 50.2 Å². The summed E-state index contributed by atoms with van der Waals surface area (Å²) in [5.74, 6) is 0.132. The van der Waals surface area contributed by atoms with E-state index in [1.807, 2.05) is 4.68 Å². The molecule has 27 heavy (non-hydrogen) atoms. The summed E-state index contributed by atoms with van der Waals surface area (Å²) in [6, 6.07) is 8.76. The van der Waals surface area contributed by atoms with Crippen LogP contribution in [0.3, 0.4) is 0 Å². The van der Waals surface area contributed by atoms with E-state index in [2.05, 4.69) is 48.3 Å². The predicted octanol–water partition coefficient (Wildman–Crippen LogP) is 3.27. The van der Waals surface area contributed by atoms with E-state index in [4.69, 9.17) is 5.10 Å². The van der Waals surface area contributed by atoms with Gasteiger partial charge in [0.25, 0.3) is 5.91 Å². The Morgan fingerprint density at radius 2 is 1.96 bits per heavy atom. The number of nitrogens with zero attached hydrogens (tertiary/aromatic N) is 3. The van der Waals surface area contributed by atoms with Gasteiger partial charge in [0, 0.05) is 23.8 Å². The highest BCUT2D eigenvalue weighted by molar-refractivity contribution is 5.94. The summed E-state index contributed by atoms with van der Waals surface area (Å²) in [7, 11) is 0. The molecule has 0 bridgehead atoms. The van der Waals surface area contributed by atoms with Gasteiger partial charge in [-0.05, 0) is 70.7 Å². The average molecular weight is 367 g/mol. The molecule has 0 radical (unpaired) electrons. The van der Waals surface area contributed by atoms with Crippen molar-refractivity contribution in [2.75, 3.05) is 19.6 Å². The minimum atomic E-state index is 0.132. The molecule has 2 aliphatic rings. The Kier molecular flexibility index (Phi) is 5.30. The van der Waals surface area contributed by atoms with E-state index in [0.29, 0.717) is 11.7 Å². The molecular weight excluding hydrogens is 336 g/mol. The predicted molar refractivity (Wildman–Crippen MR) is 108 cm³/mol. The van der Waals surface area contributed by atoms with E-state index in [1.165, 1.54) is 16.8 Å². The molecule has 1 aromatic carbocycles. The zero-order valence-corrected chi connectivity index (χ0v) is 16.5. The minimum Gasteiger partial charge on any atom is -0.334 e. The Hall–Kier alpha value is -2.14. The Labute approximate surface area is 161 Å². The number of hydrogen-bond donors (Lipinski definition) is 1. The lowest BCUT2D eigenvalue weighted by atomic mass is 10.0. The molecule has 1 saturated heterocycles. The summed E-state index contributed by atoms with van der Waals surface area (Å²) in [6.45, 7) is 7.04. The number of piperidine rings is 1. The third-order valence-corrected chi connectivity index (χ3v) is 5.89. The molecule has 1 aliphatic carbocycles. The standard InChI is InChI=1S/C22H30N4O/c1-3-15-25(17-11-13-23-14-12-17)22(27)21-19-5-4-6-20(19)26(24-21)18-9-7-16(2)8-10-18/h7-10,17,23H,3-6,11-15H2,1-2H3. The van der Waals surface area contributed by atoms with Crippen molar-refractivity contribution in [2.24, 2.45) is 0 Å². The maximum atomic E-state index is 13.5. The van der Waals surface area contributed by atoms with Crippen molar-refractivity contribution in [3.63, 3.8) is 0 Å². The lowest BCUT2D eigenvalue weighted by Gasteiger charge is -2.34. The molecule has 1 aromatic heterocycles. The Morgan fingerprint density at radius 3 is 2.67 bits per heavy atom. The fourth-order valence-corrected chi connectivity index (χ4v) is 4.45. The van der Waals surface area contributed by atoms with Crippen molar-refractivity contribution in [1.29, 1.82) is 0 Å². The molecule has 0 atom stereocenters. The van der Waals surface area contributed by atoms with Gasteiger partial charge >= 0.3 is 0 Å². The number of fused-ring (bicyclic) bond motifs is 1. The van der Waals surface area contributed by atoms with Crippen LogP contribution in [0.1, 0.15) is 59.9 Å². The van der Waals surface area contributed by atoms with Crippen molar-refractivity contribution in [1.82, 2.24) is 20.0 Å². The molecule has 5 nitrogen and oxygen atoms in total. The van der Waals surface area contributed by atoms with Crippen molar-refractivity contribution >= 4 is 5.91 Å². The zero-order chi connectivity index (χ0) is 18.8. The van der Waals surface area contributed by atoms with Gasteiger partial charge in [0.1, 0.15) is 0 Å². The van der Waals surface area contributed by atoms with Crippen LogP contribution in [0.4, 0.5) is 0 Å². The minimum absolute atomic E-state index is 0.132. The van der Waals surface area contributed by atoms with Gasteiger partial charge in [-0.15, -0.1) is 0 Å². The smallest absolute Gasteiger partial charge is 0.274 e. The van der Waals surface area contributed by atoms with Gasteiger partial charge < -0.3 is 10.2 Å². The molecule has 0 spiro atoms. The van der Waals surface area contributed by atoms with Crippen molar-refractivity contribution in [3.8, 4) is 5.69 Å². The summed E-state index contributed by atoms with van der Waals surface area (Å²) in [6.07, 6.45) is 6.13. The van der Waals surface area contributed by atoms with Crippen LogP contribution < -0.4 is 5.32 Å². The second-order valence-electron chi connectivity index (χ2n) is 7.85. The molecule has 0 unspecified atom stereocenters. The lowest BCUT2D eigenvalue weighted by molar-refractivity contribution is 0.0635.